The highest BCUT2D eigenvalue weighted by atomic mass is 32.1. The van der Waals surface area contributed by atoms with E-state index in [9.17, 15) is 0 Å². The molecule has 1 aliphatic rings. The number of fused-ring (bicyclic) bond motifs is 1. The molecule has 0 radical (unpaired) electrons. The van der Waals surface area contributed by atoms with E-state index in [1.54, 1.807) is 11.3 Å². The summed E-state index contributed by atoms with van der Waals surface area (Å²) in [5.74, 6) is 1.66. The summed E-state index contributed by atoms with van der Waals surface area (Å²) in [4.78, 5) is 6.56. The van der Waals surface area contributed by atoms with Crippen LogP contribution in [0.25, 0.3) is 11.5 Å². The van der Waals surface area contributed by atoms with Crippen LogP contribution in [0.4, 0.5) is 5.13 Å². The maximum absolute atomic E-state index is 4.58. The molecule has 19 heavy (non-hydrogen) atoms. The second kappa shape index (κ2) is 4.69. The van der Waals surface area contributed by atoms with Gasteiger partial charge in [-0.2, -0.15) is 10.2 Å². The molecule has 0 bridgehead atoms. The van der Waals surface area contributed by atoms with E-state index < -0.39 is 0 Å². The smallest absolute Gasteiger partial charge is 0.185 e. The summed E-state index contributed by atoms with van der Waals surface area (Å²) in [5.41, 5.74) is 0.863. The summed E-state index contributed by atoms with van der Waals surface area (Å²) in [7, 11) is 3.96. The molecule has 0 unspecified atom stereocenters. The zero-order valence-electron chi connectivity index (χ0n) is 11.1. The topological polar surface area (TPSA) is 71.6 Å². The van der Waals surface area contributed by atoms with E-state index in [0.717, 1.165) is 29.0 Å². The minimum atomic E-state index is -0.0456. The van der Waals surface area contributed by atoms with Gasteiger partial charge in [0.15, 0.2) is 16.8 Å². The van der Waals surface area contributed by atoms with E-state index in [2.05, 4.69) is 30.0 Å². The Morgan fingerprint density at radius 3 is 2.95 bits per heavy atom. The van der Waals surface area contributed by atoms with Crippen molar-refractivity contribution in [3.05, 3.63) is 11.2 Å². The predicted molar refractivity (Wildman–Crippen MR) is 73.6 cm³/mol. The third-order valence-electron chi connectivity index (χ3n) is 2.94. The molecule has 100 valence electrons. The van der Waals surface area contributed by atoms with Gasteiger partial charge < -0.3 is 9.47 Å². The van der Waals surface area contributed by atoms with Crippen molar-refractivity contribution in [3.63, 3.8) is 0 Å². The highest BCUT2D eigenvalue weighted by Gasteiger charge is 2.21. The summed E-state index contributed by atoms with van der Waals surface area (Å²) in [6, 6.07) is -0.0456. The van der Waals surface area contributed by atoms with Crippen LogP contribution in [0.1, 0.15) is 18.8 Å². The fourth-order valence-corrected chi connectivity index (χ4v) is 2.72. The van der Waals surface area contributed by atoms with Crippen LogP contribution in [0.5, 0.6) is 0 Å². The average Bonchev–Trinajstić information content (AvgIpc) is 2.97. The van der Waals surface area contributed by atoms with Gasteiger partial charge in [0.2, 0.25) is 0 Å². The van der Waals surface area contributed by atoms with Crippen LogP contribution in [0, 0.1) is 0 Å². The van der Waals surface area contributed by atoms with Crippen molar-refractivity contribution >= 4 is 16.5 Å². The standard InChI is InChI=1S/C11H15N7S/c1-7-9-15-16-10(18(9)5-4-12-14-7)8-6-19-11(13-8)17(2)3/h6-7H,4-5H2,1-3H3/t7-/m1/s1. The lowest BCUT2D eigenvalue weighted by atomic mass is 10.3. The van der Waals surface area contributed by atoms with Crippen LogP contribution in [-0.4, -0.2) is 40.4 Å². The Morgan fingerprint density at radius 2 is 2.21 bits per heavy atom. The summed E-state index contributed by atoms with van der Waals surface area (Å²) < 4.78 is 2.07. The highest BCUT2D eigenvalue weighted by molar-refractivity contribution is 7.14. The van der Waals surface area contributed by atoms with Gasteiger partial charge in [-0.3, -0.25) is 0 Å². The first-order valence-corrected chi connectivity index (χ1v) is 6.97. The molecule has 3 heterocycles. The van der Waals surface area contributed by atoms with E-state index in [-0.39, 0.29) is 6.04 Å². The Balaban J connectivity index is 2.02. The van der Waals surface area contributed by atoms with Crippen LogP contribution >= 0.6 is 11.3 Å². The number of hydrogen-bond donors (Lipinski definition) is 0. The molecule has 0 saturated heterocycles. The number of rotatable bonds is 2. The maximum Gasteiger partial charge on any atom is 0.185 e. The molecule has 0 N–H and O–H groups in total. The lowest BCUT2D eigenvalue weighted by molar-refractivity contribution is 0.661. The van der Waals surface area contributed by atoms with Crippen LogP contribution in [0.3, 0.4) is 0 Å². The third-order valence-corrected chi connectivity index (χ3v) is 3.94. The quantitative estimate of drug-likeness (QED) is 0.841. The normalized spacial score (nSPS) is 18.2. The van der Waals surface area contributed by atoms with Gasteiger partial charge in [-0.1, -0.05) is 0 Å². The summed E-state index contributed by atoms with van der Waals surface area (Å²) in [6.07, 6.45) is 0. The maximum atomic E-state index is 4.58. The van der Waals surface area contributed by atoms with Gasteiger partial charge >= 0.3 is 0 Å². The van der Waals surface area contributed by atoms with Gasteiger partial charge in [-0.15, -0.1) is 21.5 Å². The first-order valence-electron chi connectivity index (χ1n) is 6.09. The lowest BCUT2D eigenvalue weighted by Crippen LogP contribution is -2.09. The van der Waals surface area contributed by atoms with Crippen molar-refractivity contribution in [1.29, 1.82) is 0 Å². The number of aromatic nitrogens is 4. The minimum absolute atomic E-state index is 0.0456. The van der Waals surface area contributed by atoms with Crippen molar-refractivity contribution in [2.75, 3.05) is 25.5 Å². The molecular weight excluding hydrogens is 262 g/mol. The van der Waals surface area contributed by atoms with E-state index >= 15 is 0 Å². The van der Waals surface area contributed by atoms with Gasteiger partial charge in [-0.05, 0) is 6.92 Å². The van der Waals surface area contributed by atoms with E-state index in [1.807, 2.05) is 31.3 Å². The summed E-state index contributed by atoms with van der Waals surface area (Å²) in [6.45, 7) is 3.39. The Morgan fingerprint density at radius 1 is 1.37 bits per heavy atom. The molecule has 0 saturated carbocycles. The molecule has 0 spiro atoms. The van der Waals surface area contributed by atoms with Crippen LogP contribution in [-0.2, 0) is 6.54 Å². The molecule has 8 heteroatoms. The van der Waals surface area contributed by atoms with Gasteiger partial charge in [0.1, 0.15) is 11.7 Å². The molecule has 1 aliphatic heterocycles. The number of hydrogen-bond acceptors (Lipinski definition) is 7. The van der Waals surface area contributed by atoms with Crippen LogP contribution < -0.4 is 4.90 Å². The number of anilines is 1. The largest absolute Gasteiger partial charge is 0.354 e. The number of nitrogens with zero attached hydrogens (tertiary/aromatic N) is 7. The van der Waals surface area contributed by atoms with Gasteiger partial charge in [-0.25, -0.2) is 4.98 Å². The third kappa shape index (κ3) is 2.12. The Kier molecular flexibility index (Phi) is 3.02. The zero-order chi connectivity index (χ0) is 13.4. The first-order chi connectivity index (χ1) is 9.16. The molecule has 0 fully saturated rings. The molecular formula is C11H15N7S. The molecule has 0 aliphatic carbocycles. The molecule has 0 aromatic carbocycles. The van der Waals surface area contributed by atoms with Crippen molar-refractivity contribution in [2.24, 2.45) is 10.2 Å². The predicted octanol–water partition coefficient (Wildman–Crippen LogP) is 1.99. The molecule has 3 rings (SSSR count). The van der Waals surface area contributed by atoms with Crippen molar-refractivity contribution in [1.82, 2.24) is 19.7 Å². The second-order valence-electron chi connectivity index (χ2n) is 4.60. The first kappa shape index (κ1) is 12.2. The van der Waals surface area contributed by atoms with E-state index in [0.29, 0.717) is 6.54 Å². The lowest BCUT2D eigenvalue weighted by Gasteiger charge is -2.07. The number of azo groups is 1. The zero-order valence-corrected chi connectivity index (χ0v) is 11.9. The van der Waals surface area contributed by atoms with Gasteiger partial charge in [0, 0.05) is 26.0 Å². The Labute approximate surface area is 115 Å². The van der Waals surface area contributed by atoms with E-state index in [1.165, 1.54) is 0 Å². The fraction of sp³-hybridized carbons (Fsp3) is 0.545. The van der Waals surface area contributed by atoms with E-state index in [4.69, 9.17) is 0 Å². The Hall–Kier alpha value is -1.83. The van der Waals surface area contributed by atoms with Gasteiger partial charge in [0.05, 0.1) is 6.54 Å². The highest BCUT2D eigenvalue weighted by Crippen LogP contribution is 2.28. The fourth-order valence-electron chi connectivity index (χ4n) is 1.98. The minimum Gasteiger partial charge on any atom is -0.354 e. The SMILES string of the molecule is C[C@H]1N=NCCn2c(-c3csc(N(C)C)n3)nnc21. The van der Waals surface area contributed by atoms with Crippen LogP contribution in [0.2, 0.25) is 0 Å². The second-order valence-corrected chi connectivity index (χ2v) is 5.44. The van der Waals surface area contributed by atoms with Crippen molar-refractivity contribution in [2.45, 2.75) is 19.5 Å². The molecule has 1 atom stereocenters. The number of thiazole rings is 1. The summed E-state index contributed by atoms with van der Waals surface area (Å²) in [5, 5.41) is 19.8. The molecule has 2 aromatic heterocycles. The summed E-state index contributed by atoms with van der Waals surface area (Å²) >= 11 is 1.60. The van der Waals surface area contributed by atoms with Crippen molar-refractivity contribution in [3.8, 4) is 11.5 Å². The van der Waals surface area contributed by atoms with Crippen molar-refractivity contribution < 1.29 is 0 Å². The Bertz CT molecular complexity index is 612. The molecule has 2 aromatic rings. The molecule has 0 amide bonds. The average molecular weight is 277 g/mol. The molecule has 7 nitrogen and oxygen atoms in total. The monoisotopic (exact) mass is 277 g/mol. The van der Waals surface area contributed by atoms with Gasteiger partial charge in [0.25, 0.3) is 0 Å². The van der Waals surface area contributed by atoms with Crippen LogP contribution in [0.15, 0.2) is 15.6 Å².